The molecule has 1 atom stereocenters. The number of nitrogens with zero attached hydrogens (tertiary/aromatic N) is 4. The number of benzene rings is 2. The van der Waals surface area contributed by atoms with Crippen molar-refractivity contribution in [1.29, 1.82) is 0 Å². The van der Waals surface area contributed by atoms with Gasteiger partial charge in [0.05, 0.1) is 25.9 Å². The number of alkyl halides is 2. The van der Waals surface area contributed by atoms with Gasteiger partial charge in [-0.2, -0.15) is 0 Å². The summed E-state index contributed by atoms with van der Waals surface area (Å²) in [6.45, 7) is 10.0. The molecule has 42 heavy (non-hydrogen) atoms. The Morgan fingerprint density at radius 2 is 1.69 bits per heavy atom. The molecule has 1 N–H and O–H groups in total. The van der Waals surface area contributed by atoms with Crippen molar-refractivity contribution in [1.82, 2.24) is 15.1 Å². The molecular weight excluding hydrogens is 536 g/mol. The summed E-state index contributed by atoms with van der Waals surface area (Å²) in [6, 6.07) is 12.6. The van der Waals surface area contributed by atoms with E-state index >= 15 is 8.78 Å². The monoisotopic (exact) mass is 577 g/mol. The van der Waals surface area contributed by atoms with Crippen molar-refractivity contribution in [3.8, 4) is 5.88 Å². The fourth-order valence-electron chi connectivity index (χ4n) is 6.43. The van der Waals surface area contributed by atoms with E-state index in [1.165, 1.54) is 0 Å². The summed E-state index contributed by atoms with van der Waals surface area (Å²) in [4.78, 5) is 4.63. The normalized spacial score (nSPS) is 25.3. The first-order valence-electron chi connectivity index (χ1n) is 15.4. The fraction of sp³-hybridized carbons (Fsp3) is 0.515. The number of hydrogen-bond donors (Lipinski definition) is 1. The number of halogens is 2. The van der Waals surface area contributed by atoms with Crippen LogP contribution in [0.2, 0.25) is 0 Å². The van der Waals surface area contributed by atoms with Crippen LogP contribution < -0.4 is 15.0 Å². The van der Waals surface area contributed by atoms with E-state index in [9.17, 15) is 0 Å². The number of anilines is 2. The molecule has 6 aliphatic heterocycles. The number of rotatable bonds is 2. The summed E-state index contributed by atoms with van der Waals surface area (Å²) >= 11 is 0. The van der Waals surface area contributed by atoms with Gasteiger partial charge in [0.25, 0.3) is 5.92 Å². The molecule has 0 amide bonds. The first-order valence-corrected chi connectivity index (χ1v) is 15.4. The van der Waals surface area contributed by atoms with Gasteiger partial charge in [0.15, 0.2) is 5.82 Å². The molecule has 1 aromatic heterocycles. The summed E-state index contributed by atoms with van der Waals surface area (Å²) in [6.07, 6.45) is 6.89. The maximum Gasteiger partial charge on any atom is 0.276 e. The molecule has 0 unspecified atom stereocenters. The van der Waals surface area contributed by atoms with E-state index in [4.69, 9.17) is 9.47 Å². The van der Waals surface area contributed by atoms with E-state index in [1.54, 1.807) is 24.3 Å². The Kier molecular flexibility index (Phi) is 8.86. The lowest BCUT2D eigenvalue weighted by molar-refractivity contribution is -0.0855. The summed E-state index contributed by atoms with van der Waals surface area (Å²) < 4.78 is 43.4. The van der Waals surface area contributed by atoms with Gasteiger partial charge in [-0.15, -0.1) is 16.8 Å². The summed E-state index contributed by atoms with van der Waals surface area (Å²) in [5, 5.41) is 14.2. The van der Waals surface area contributed by atoms with Crippen molar-refractivity contribution in [2.75, 3.05) is 62.8 Å². The molecule has 0 radical (unpaired) electrons. The second-order valence-corrected chi connectivity index (χ2v) is 11.7. The molecule has 2 aromatic carbocycles. The lowest BCUT2D eigenvalue weighted by Crippen LogP contribution is -2.40. The molecule has 2 fully saturated rings. The molecule has 0 spiro atoms. The Morgan fingerprint density at radius 1 is 0.881 bits per heavy atom. The maximum atomic E-state index is 15.9. The predicted molar refractivity (Wildman–Crippen MR) is 163 cm³/mol. The lowest BCUT2D eigenvalue weighted by Gasteiger charge is -2.36. The minimum atomic E-state index is -2.90. The van der Waals surface area contributed by atoms with Crippen LogP contribution >= 0.6 is 0 Å². The van der Waals surface area contributed by atoms with E-state index in [2.05, 4.69) is 44.0 Å². The van der Waals surface area contributed by atoms with Gasteiger partial charge in [-0.3, -0.25) is 0 Å². The van der Waals surface area contributed by atoms with Gasteiger partial charge >= 0.3 is 0 Å². The Balaban J connectivity index is 1.36. The molecule has 7 heterocycles. The van der Waals surface area contributed by atoms with Crippen LogP contribution in [0.4, 0.5) is 20.3 Å². The van der Waals surface area contributed by atoms with Gasteiger partial charge in [-0.05, 0) is 75.1 Å². The molecule has 9 heteroatoms. The average molecular weight is 578 g/mol. The summed E-state index contributed by atoms with van der Waals surface area (Å²) in [7, 11) is 0. The third-order valence-corrected chi connectivity index (χ3v) is 8.97. The number of ether oxygens (including phenoxy) is 2. The van der Waals surface area contributed by atoms with E-state index in [-0.39, 0.29) is 5.56 Å². The fourth-order valence-corrected chi connectivity index (χ4v) is 6.43. The Morgan fingerprint density at radius 3 is 2.50 bits per heavy atom. The van der Waals surface area contributed by atoms with Crippen molar-refractivity contribution in [2.45, 2.75) is 50.5 Å². The molecule has 224 valence electrons. The van der Waals surface area contributed by atoms with Crippen LogP contribution in [0.5, 0.6) is 5.88 Å². The van der Waals surface area contributed by atoms with Gasteiger partial charge < -0.3 is 24.6 Å². The van der Waals surface area contributed by atoms with E-state index in [0.29, 0.717) is 49.9 Å². The van der Waals surface area contributed by atoms with Crippen LogP contribution in [0.25, 0.3) is 10.8 Å². The average Bonchev–Trinajstić information content (AvgIpc) is 3.03. The summed E-state index contributed by atoms with van der Waals surface area (Å²) in [5.74, 6) is -2.49. The van der Waals surface area contributed by atoms with E-state index in [1.807, 2.05) is 12.1 Å². The maximum absolute atomic E-state index is 15.9. The second-order valence-electron chi connectivity index (χ2n) is 11.7. The van der Waals surface area contributed by atoms with Crippen LogP contribution in [-0.2, 0) is 10.7 Å². The molecule has 9 rings (SSSR count). The van der Waals surface area contributed by atoms with Crippen LogP contribution in [0.1, 0.15) is 55.7 Å². The molecule has 2 saturated heterocycles. The standard InChI is InChI=1S/C33H41F2N5O2/c1-2-30-24-8-7-9-26(22-24)33(34,35)25-12-15-39(16-13-25)14-5-3-4-6-19-42-32-28-11-10-27(40-17-20-41-21-18-40)23-29(28)31(36-30)37-38-32/h2,7-11,22-23,25,30H,1,3-6,12-21H2,(H,36,37)/t30-/m1/s1. The van der Waals surface area contributed by atoms with Crippen LogP contribution in [0, 0.1) is 5.92 Å². The third kappa shape index (κ3) is 6.22. The van der Waals surface area contributed by atoms with Gasteiger partial charge in [0, 0.05) is 41.0 Å². The van der Waals surface area contributed by atoms with Gasteiger partial charge in [-0.1, -0.05) is 37.1 Å². The first kappa shape index (κ1) is 28.8. The minimum absolute atomic E-state index is 0.0623. The SMILES string of the molecule is C=C[C@H]1Nc2nnc(c3ccc(N4CCOCC4)cc23)OCCCCCCN2CCC(CC2)C(F)(F)c2cccc1c2. The lowest BCUT2D eigenvalue weighted by atomic mass is 9.85. The molecule has 3 aromatic rings. The van der Waals surface area contributed by atoms with Crippen LogP contribution in [-0.4, -0.2) is 67.6 Å². The zero-order valence-electron chi connectivity index (χ0n) is 24.2. The zero-order chi connectivity index (χ0) is 28.9. The quantitative estimate of drug-likeness (QED) is 0.346. The van der Waals surface area contributed by atoms with Crippen molar-refractivity contribution >= 4 is 22.3 Å². The molecule has 7 nitrogen and oxygen atoms in total. The highest BCUT2D eigenvalue weighted by Crippen LogP contribution is 2.42. The summed E-state index contributed by atoms with van der Waals surface area (Å²) in [5.41, 5.74) is 1.85. The Labute approximate surface area is 246 Å². The highest BCUT2D eigenvalue weighted by Gasteiger charge is 2.42. The second kappa shape index (κ2) is 12.9. The number of piperidine rings is 1. The van der Waals surface area contributed by atoms with Gasteiger partial charge in [0.1, 0.15) is 0 Å². The molecular formula is C33H41F2N5O2. The Bertz CT molecular complexity index is 1370. The smallest absolute Gasteiger partial charge is 0.276 e. The third-order valence-electron chi connectivity index (χ3n) is 8.97. The van der Waals surface area contributed by atoms with Crippen LogP contribution in [0.3, 0.4) is 0 Å². The first-order chi connectivity index (χ1) is 20.5. The highest BCUT2D eigenvalue weighted by molar-refractivity contribution is 5.97. The molecule has 0 aliphatic carbocycles. The van der Waals surface area contributed by atoms with Crippen molar-refractivity contribution in [3.05, 3.63) is 66.2 Å². The van der Waals surface area contributed by atoms with Crippen molar-refractivity contribution < 1.29 is 18.3 Å². The molecule has 6 aliphatic rings. The van der Waals surface area contributed by atoms with E-state index in [0.717, 1.165) is 74.9 Å². The topological polar surface area (TPSA) is 62.8 Å². The number of hydrogen-bond acceptors (Lipinski definition) is 7. The van der Waals surface area contributed by atoms with Crippen molar-refractivity contribution in [2.24, 2.45) is 5.92 Å². The minimum Gasteiger partial charge on any atom is -0.476 e. The number of aromatic nitrogens is 2. The van der Waals surface area contributed by atoms with Gasteiger partial charge in [0.2, 0.25) is 5.88 Å². The zero-order valence-corrected chi connectivity index (χ0v) is 24.2. The predicted octanol–water partition coefficient (Wildman–Crippen LogP) is 6.56. The largest absolute Gasteiger partial charge is 0.476 e. The number of morpholine rings is 1. The highest BCUT2D eigenvalue weighted by atomic mass is 19.3. The van der Waals surface area contributed by atoms with E-state index < -0.39 is 17.9 Å². The van der Waals surface area contributed by atoms with Crippen molar-refractivity contribution in [3.63, 3.8) is 0 Å². The molecule has 0 saturated carbocycles. The molecule has 6 bridgehead atoms. The van der Waals surface area contributed by atoms with Crippen LogP contribution in [0.15, 0.2) is 55.1 Å². The Hall–Kier alpha value is -3.30. The van der Waals surface area contributed by atoms with Gasteiger partial charge in [-0.25, -0.2) is 8.78 Å². The number of nitrogens with one attached hydrogen (secondary N) is 1.